The molecule has 1 N–H and O–H groups in total. The van der Waals surface area contributed by atoms with Crippen LogP contribution in [0.3, 0.4) is 0 Å². The summed E-state index contributed by atoms with van der Waals surface area (Å²) in [6.07, 6.45) is 4.21. The Hall–Kier alpha value is -1.93. The Morgan fingerprint density at radius 2 is 1.70 bits per heavy atom. The van der Waals surface area contributed by atoms with Crippen molar-refractivity contribution >= 4 is 15.7 Å². The van der Waals surface area contributed by atoms with Crippen LogP contribution in [0.5, 0.6) is 5.75 Å². The van der Waals surface area contributed by atoms with Gasteiger partial charge in [0, 0.05) is 38.3 Å². The number of sulfonamides is 1. The quantitative estimate of drug-likeness (QED) is 0.850. The number of aromatic hydroxyl groups is 1. The van der Waals surface area contributed by atoms with Crippen LogP contribution in [0.1, 0.15) is 27.2 Å². The molecular weight excluding hydrogens is 374 g/mol. The monoisotopic (exact) mass is 398 g/mol. The number of hydrogen-bond acceptors (Lipinski definition) is 4. The zero-order valence-electron chi connectivity index (χ0n) is 15.7. The minimum Gasteiger partial charge on any atom is -0.505 e. The maximum atomic E-state index is 14.1. The summed E-state index contributed by atoms with van der Waals surface area (Å²) in [6, 6.07) is 1.68. The molecule has 1 heterocycles. The van der Waals surface area contributed by atoms with Gasteiger partial charge in [0.25, 0.3) is 0 Å². The summed E-state index contributed by atoms with van der Waals surface area (Å²) in [4.78, 5) is 1.60. The zero-order valence-corrected chi connectivity index (χ0v) is 16.5. The van der Waals surface area contributed by atoms with E-state index in [9.17, 15) is 22.3 Å². The molecule has 1 unspecified atom stereocenters. The third kappa shape index (κ3) is 3.60. The molecule has 0 amide bonds. The Bertz CT molecular complexity index is 919. The van der Waals surface area contributed by atoms with Crippen LogP contribution < -0.4 is 4.90 Å². The van der Waals surface area contributed by atoms with Crippen LogP contribution in [0.25, 0.3) is 0 Å². The van der Waals surface area contributed by atoms with E-state index in [0.717, 1.165) is 23.3 Å². The predicted molar refractivity (Wildman–Crippen MR) is 101 cm³/mol. The molecular formula is C19H24F2N2O3S. The topological polar surface area (TPSA) is 60.9 Å². The van der Waals surface area contributed by atoms with E-state index in [-0.39, 0.29) is 31.9 Å². The van der Waals surface area contributed by atoms with E-state index in [4.69, 9.17) is 0 Å². The van der Waals surface area contributed by atoms with Crippen molar-refractivity contribution in [2.45, 2.75) is 31.9 Å². The highest BCUT2D eigenvalue weighted by Crippen LogP contribution is 2.36. The molecule has 1 aliphatic heterocycles. The van der Waals surface area contributed by atoms with Gasteiger partial charge in [0.2, 0.25) is 10.0 Å². The van der Waals surface area contributed by atoms with E-state index < -0.39 is 32.2 Å². The second-order valence-corrected chi connectivity index (χ2v) is 9.91. The third-order valence-corrected chi connectivity index (χ3v) is 7.65. The Labute approximate surface area is 158 Å². The van der Waals surface area contributed by atoms with Gasteiger partial charge in [0.05, 0.1) is 5.69 Å². The highest BCUT2D eigenvalue weighted by Gasteiger charge is 2.43. The molecule has 1 aromatic carbocycles. The number of benzene rings is 1. The lowest BCUT2D eigenvalue weighted by atomic mass is 9.92. The molecule has 3 rings (SSSR count). The third-order valence-electron chi connectivity index (χ3n) is 5.16. The van der Waals surface area contributed by atoms with Gasteiger partial charge in [-0.1, -0.05) is 23.3 Å². The van der Waals surface area contributed by atoms with E-state index in [2.05, 4.69) is 0 Å². The number of halogens is 2. The predicted octanol–water partition coefficient (Wildman–Crippen LogP) is 3.18. The zero-order chi connectivity index (χ0) is 20.0. The Kier molecular flexibility index (Phi) is 5.07. The van der Waals surface area contributed by atoms with Crippen molar-refractivity contribution in [1.29, 1.82) is 0 Å². The summed E-state index contributed by atoms with van der Waals surface area (Å²) >= 11 is 0. The Morgan fingerprint density at radius 1 is 1.07 bits per heavy atom. The van der Waals surface area contributed by atoms with Gasteiger partial charge < -0.3 is 10.0 Å². The van der Waals surface area contributed by atoms with Gasteiger partial charge in [0.15, 0.2) is 11.6 Å². The fraction of sp³-hybridized carbons (Fsp3) is 0.474. The van der Waals surface area contributed by atoms with Crippen LogP contribution in [-0.4, -0.2) is 48.8 Å². The smallest absolute Gasteiger partial charge is 0.223 e. The largest absolute Gasteiger partial charge is 0.505 e. The van der Waals surface area contributed by atoms with Crippen LogP contribution in [0, 0.1) is 11.6 Å². The summed E-state index contributed by atoms with van der Waals surface area (Å²) < 4.78 is 54.5. The highest BCUT2D eigenvalue weighted by atomic mass is 32.2. The first-order chi connectivity index (χ1) is 12.5. The molecule has 0 saturated carbocycles. The maximum absolute atomic E-state index is 14.1. The molecule has 1 saturated heterocycles. The van der Waals surface area contributed by atoms with Crippen molar-refractivity contribution < 1.29 is 22.3 Å². The van der Waals surface area contributed by atoms with E-state index >= 15 is 0 Å². The van der Waals surface area contributed by atoms with Crippen LogP contribution in [0.4, 0.5) is 14.5 Å². The molecule has 0 bridgehead atoms. The number of phenols is 1. The lowest BCUT2D eigenvalue weighted by Gasteiger charge is -2.40. The lowest BCUT2D eigenvalue weighted by Crippen LogP contribution is -2.54. The molecule has 8 heteroatoms. The number of nitrogens with zero attached hydrogens (tertiary/aromatic N) is 2. The van der Waals surface area contributed by atoms with Crippen LogP contribution >= 0.6 is 0 Å². The lowest BCUT2D eigenvalue weighted by molar-refractivity contribution is 0.369. The van der Waals surface area contributed by atoms with Crippen LogP contribution in [0.15, 0.2) is 35.4 Å². The van der Waals surface area contributed by atoms with E-state index in [1.807, 2.05) is 19.9 Å². The molecule has 148 valence electrons. The minimum absolute atomic E-state index is 0.0285. The fourth-order valence-electron chi connectivity index (χ4n) is 3.97. The first kappa shape index (κ1) is 19.8. The molecule has 5 nitrogen and oxygen atoms in total. The van der Waals surface area contributed by atoms with Crippen molar-refractivity contribution in [3.63, 3.8) is 0 Å². The summed E-state index contributed by atoms with van der Waals surface area (Å²) in [5.41, 5.74) is 1.96. The maximum Gasteiger partial charge on any atom is 0.223 e. The summed E-state index contributed by atoms with van der Waals surface area (Å²) in [5, 5.41) is 9.26. The van der Waals surface area contributed by atoms with Gasteiger partial charge >= 0.3 is 0 Å². The normalized spacial score (nSPS) is 24.6. The SMILES string of the molecule is CC1=CC(C)(S(=O)(=O)N2CCN(c3cc(F)c(O)cc3F)CC2)CC(C)=C1. The number of hydrogen-bond donors (Lipinski definition) is 1. The second-order valence-electron chi connectivity index (χ2n) is 7.51. The molecule has 1 fully saturated rings. The van der Waals surface area contributed by atoms with Crippen molar-refractivity contribution in [3.8, 4) is 5.75 Å². The molecule has 0 radical (unpaired) electrons. The van der Waals surface area contributed by atoms with Gasteiger partial charge in [-0.25, -0.2) is 17.2 Å². The van der Waals surface area contributed by atoms with Gasteiger partial charge in [-0.3, -0.25) is 0 Å². The van der Waals surface area contributed by atoms with Gasteiger partial charge in [0.1, 0.15) is 10.6 Å². The van der Waals surface area contributed by atoms with Crippen molar-refractivity contribution in [2.75, 3.05) is 31.1 Å². The first-order valence-corrected chi connectivity index (χ1v) is 10.3. The molecule has 0 aromatic heterocycles. The van der Waals surface area contributed by atoms with Gasteiger partial charge in [-0.2, -0.15) is 4.31 Å². The Morgan fingerprint density at radius 3 is 2.30 bits per heavy atom. The van der Waals surface area contributed by atoms with Gasteiger partial charge in [-0.15, -0.1) is 0 Å². The van der Waals surface area contributed by atoms with Crippen molar-refractivity contribution in [1.82, 2.24) is 4.31 Å². The average Bonchev–Trinajstić information content (AvgIpc) is 2.57. The van der Waals surface area contributed by atoms with Gasteiger partial charge in [-0.05, 0) is 27.2 Å². The molecule has 1 atom stereocenters. The molecule has 27 heavy (non-hydrogen) atoms. The van der Waals surface area contributed by atoms with E-state index in [0.29, 0.717) is 6.42 Å². The van der Waals surface area contributed by atoms with Crippen molar-refractivity contribution in [2.24, 2.45) is 0 Å². The highest BCUT2D eigenvalue weighted by molar-refractivity contribution is 7.90. The molecule has 1 aromatic rings. The summed E-state index contributed by atoms with van der Waals surface area (Å²) in [5.74, 6) is -2.38. The first-order valence-electron chi connectivity index (χ1n) is 8.83. The number of anilines is 1. The minimum atomic E-state index is -3.60. The van der Waals surface area contributed by atoms with E-state index in [1.165, 1.54) is 4.31 Å². The molecule has 1 aliphatic carbocycles. The Balaban J connectivity index is 1.78. The van der Waals surface area contributed by atoms with Crippen molar-refractivity contribution in [3.05, 3.63) is 47.1 Å². The average molecular weight is 398 g/mol. The standard InChI is InChI=1S/C19H24F2N2O3S/c1-13-8-14(2)12-19(3,11-13)27(25,26)23-6-4-22(5-7-23)17-9-16(21)18(24)10-15(17)20/h8-11,24H,4-7,12H2,1-3H3. The summed E-state index contributed by atoms with van der Waals surface area (Å²) in [6.45, 7) is 6.40. The van der Waals surface area contributed by atoms with E-state index in [1.54, 1.807) is 17.9 Å². The fourth-order valence-corrected chi connectivity index (χ4v) is 5.94. The number of phenolic OH excluding ortho intramolecular Hbond substituents is 1. The number of allylic oxidation sites excluding steroid dienone is 3. The molecule has 0 spiro atoms. The van der Waals surface area contributed by atoms with Crippen LogP contribution in [0.2, 0.25) is 0 Å². The number of rotatable bonds is 3. The molecule has 2 aliphatic rings. The summed E-state index contributed by atoms with van der Waals surface area (Å²) in [7, 11) is -3.60. The van der Waals surface area contributed by atoms with Crippen LogP contribution in [-0.2, 0) is 10.0 Å². The second kappa shape index (κ2) is 6.91. The number of piperazine rings is 1.